The summed E-state index contributed by atoms with van der Waals surface area (Å²) < 4.78 is 12.7. The standard InChI is InChI=1S/C23H25ClN4O3S/c24-19-2-1-3-20-21(19)27-23(32-20)31-18-8-6-17(7-9-18)30-11-10-26-14-12-15-4-5-16(13-14)28(15)22(25)29/h1-3,6-9,14-16,26H,4-5,10-13H2,(H2,25,29). The first kappa shape index (κ1) is 21.3. The molecule has 3 N–H and O–H groups in total. The largest absolute Gasteiger partial charge is 0.492 e. The van der Waals surface area contributed by atoms with Gasteiger partial charge in [0, 0.05) is 24.7 Å². The minimum absolute atomic E-state index is 0.279. The smallest absolute Gasteiger partial charge is 0.315 e. The zero-order valence-corrected chi connectivity index (χ0v) is 19.1. The molecular weight excluding hydrogens is 448 g/mol. The van der Waals surface area contributed by atoms with Gasteiger partial charge in [0.25, 0.3) is 5.19 Å². The minimum atomic E-state index is -0.279. The number of piperidine rings is 1. The predicted octanol–water partition coefficient (Wildman–Crippen LogP) is 4.78. The molecule has 0 saturated carbocycles. The number of halogens is 1. The van der Waals surface area contributed by atoms with Crippen LogP contribution in [-0.4, -0.2) is 47.2 Å². The number of carbonyl (C=O) groups excluding carboxylic acids is 1. The number of carbonyl (C=O) groups is 1. The van der Waals surface area contributed by atoms with Gasteiger partial charge in [-0.15, -0.1) is 0 Å². The number of rotatable bonds is 7. The SMILES string of the molecule is NC(=O)N1C2CCC1CC(NCCOc1ccc(Oc3nc4c(Cl)cccc4s3)cc1)C2. The Balaban J connectivity index is 1.08. The quantitative estimate of drug-likeness (QED) is 0.483. The molecule has 2 atom stereocenters. The summed E-state index contributed by atoms with van der Waals surface area (Å²) in [5.74, 6) is 1.48. The molecule has 1 aromatic heterocycles. The summed E-state index contributed by atoms with van der Waals surface area (Å²) in [6.07, 6.45) is 4.03. The first-order chi connectivity index (χ1) is 15.6. The number of nitrogens with two attached hydrogens (primary N) is 1. The van der Waals surface area contributed by atoms with Crippen LogP contribution in [0.2, 0.25) is 5.02 Å². The van der Waals surface area contributed by atoms with Gasteiger partial charge >= 0.3 is 6.03 Å². The zero-order chi connectivity index (χ0) is 22.1. The number of amides is 2. The minimum Gasteiger partial charge on any atom is -0.492 e. The van der Waals surface area contributed by atoms with E-state index in [0.29, 0.717) is 28.6 Å². The molecule has 0 aliphatic carbocycles. The van der Waals surface area contributed by atoms with Crippen LogP contribution in [0.5, 0.6) is 16.7 Å². The van der Waals surface area contributed by atoms with Crippen molar-refractivity contribution < 1.29 is 14.3 Å². The third-order valence-corrected chi connectivity index (χ3v) is 7.37. The van der Waals surface area contributed by atoms with E-state index in [0.717, 1.165) is 48.2 Å². The number of nitrogens with zero attached hydrogens (tertiary/aromatic N) is 2. The van der Waals surface area contributed by atoms with Gasteiger partial charge in [0.05, 0.1) is 9.72 Å². The molecule has 2 unspecified atom stereocenters. The normalized spacial score (nSPS) is 22.3. The van der Waals surface area contributed by atoms with Crippen LogP contribution in [0, 0.1) is 0 Å². The second-order valence-electron chi connectivity index (χ2n) is 8.24. The molecule has 0 spiro atoms. The van der Waals surface area contributed by atoms with E-state index < -0.39 is 0 Å². The van der Waals surface area contributed by atoms with Crippen LogP contribution < -0.4 is 20.5 Å². The van der Waals surface area contributed by atoms with Crippen LogP contribution in [0.15, 0.2) is 42.5 Å². The number of hydrogen-bond acceptors (Lipinski definition) is 6. The van der Waals surface area contributed by atoms with Crippen molar-refractivity contribution in [1.82, 2.24) is 15.2 Å². The molecule has 0 radical (unpaired) electrons. The van der Waals surface area contributed by atoms with Gasteiger partial charge < -0.3 is 25.4 Å². The van der Waals surface area contributed by atoms with Crippen molar-refractivity contribution in [2.75, 3.05) is 13.2 Å². The average Bonchev–Trinajstić information content (AvgIpc) is 3.31. The van der Waals surface area contributed by atoms with Crippen molar-refractivity contribution in [3.05, 3.63) is 47.5 Å². The molecule has 2 saturated heterocycles. The molecule has 3 heterocycles. The number of thiazole rings is 1. The first-order valence-electron chi connectivity index (χ1n) is 10.8. The number of primary amides is 1. The van der Waals surface area contributed by atoms with E-state index in [2.05, 4.69) is 10.3 Å². The van der Waals surface area contributed by atoms with Crippen LogP contribution in [0.3, 0.4) is 0 Å². The molecule has 9 heteroatoms. The van der Waals surface area contributed by atoms with E-state index in [-0.39, 0.29) is 18.1 Å². The van der Waals surface area contributed by atoms with Gasteiger partial charge in [0.15, 0.2) is 0 Å². The highest BCUT2D eigenvalue weighted by molar-refractivity contribution is 7.20. The van der Waals surface area contributed by atoms with Crippen LogP contribution >= 0.6 is 22.9 Å². The molecule has 2 aliphatic heterocycles. The Labute approximate surface area is 195 Å². The van der Waals surface area contributed by atoms with E-state index in [1.165, 1.54) is 11.3 Å². The maximum atomic E-state index is 11.6. The maximum Gasteiger partial charge on any atom is 0.315 e. The summed E-state index contributed by atoms with van der Waals surface area (Å²) in [5.41, 5.74) is 6.29. The molecule has 2 aliphatic rings. The summed E-state index contributed by atoms with van der Waals surface area (Å²) in [7, 11) is 0. The molecule has 3 aromatic rings. The van der Waals surface area contributed by atoms with Crippen LogP contribution in [0.1, 0.15) is 25.7 Å². The van der Waals surface area contributed by atoms with E-state index in [1.54, 1.807) is 0 Å². The fourth-order valence-electron chi connectivity index (χ4n) is 4.78. The monoisotopic (exact) mass is 472 g/mol. The Morgan fingerprint density at radius 2 is 1.88 bits per heavy atom. The van der Waals surface area contributed by atoms with Crippen molar-refractivity contribution in [1.29, 1.82) is 0 Å². The summed E-state index contributed by atoms with van der Waals surface area (Å²) in [6, 6.07) is 13.9. The number of benzene rings is 2. The van der Waals surface area contributed by atoms with E-state index in [9.17, 15) is 4.79 Å². The van der Waals surface area contributed by atoms with Crippen LogP contribution in [-0.2, 0) is 0 Å². The Morgan fingerprint density at radius 1 is 1.16 bits per heavy atom. The average molecular weight is 473 g/mol. The highest BCUT2D eigenvalue weighted by Gasteiger charge is 2.42. The van der Waals surface area contributed by atoms with Crippen molar-refractivity contribution in [2.45, 2.75) is 43.8 Å². The van der Waals surface area contributed by atoms with Crippen molar-refractivity contribution >= 4 is 39.2 Å². The van der Waals surface area contributed by atoms with Crippen molar-refractivity contribution in [3.8, 4) is 16.7 Å². The number of aromatic nitrogens is 1. The first-order valence-corrected chi connectivity index (χ1v) is 12.0. The molecule has 2 fully saturated rings. The lowest BCUT2D eigenvalue weighted by Crippen LogP contribution is -2.53. The van der Waals surface area contributed by atoms with Gasteiger partial charge in [-0.1, -0.05) is 29.0 Å². The molecular formula is C23H25ClN4O3S. The number of para-hydroxylation sites is 1. The number of ether oxygens (including phenoxy) is 2. The van der Waals surface area contributed by atoms with E-state index in [4.69, 9.17) is 26.8 Å². The van der Waals surface area contributed by atoms with Gasteiger partial charge in [-0.05, 0) is 62.1 Å². The van der Waals surface area contributed by atoms with Gasteiger partial charge in [0.1, 0.15) is 23.6 Å². The van der Waals surface area contributed by atoms with Crippen molar-refractivity contribution in [2.24, 2.45) is 5.73 Å². The molecule has 168 valence electrons. The van der Waals surface area contributed by atoms with E-state index >= 15 is 0 Å². The van der Waals surface area contributed by atoms with Crippen LogP contribution in [0.25, 0.3) is 10.2 Å². The molecule has 2 aromatic carbocycles. The lowest BCUT2D eigenvalue weighted by atomic mass is 9.98. The summed E-state index contributed by atoms with van der Waals surface area (Å²) in [6.45, 7) is 1.33. The number of urea groups is 1. The second kappa shape index (κ2) is 9.13. The van der Waals surface area contributed by atoms with Gasteiger partial charge in [-0.25, -0.2) is 9.78 Å². The molecule has 5 rings (SSSR count). The topological polar surface area (TPSA) is 89.7 Å². The molecule has 2 amide bonds. The Morgan fingerprint density at radius 3 is 2.56 bits per heavy atom. The molecule has 2 bridgehead atoms. The lowest BCUT2D eigenvalue weighted by Gasteiger charge is -2.38. The highest BCUT2D eigenvalue weighted by Crippen LogP contribution is 2.36. The summed E-state index contributed by atoms with van der Waals surface area (Å²) in [4.78, 5) is 17.9. The van der Waals surface area contributed by atoms with Crippen molar-refractivity contribution in [3.63, 3.8) is 0 Å². The predicted molar refractivity (Wildman–Crippen MR) is 126 cm³/mol. The summed E-state index contributed by atoms with van der Waals surface area (Å²) >= 11 is 7.65. The maximum absolute atomic E-state index is 11.6. The summed E-state index contributed by atoms with van der Waals surface area (Å²) in [5, 5.41) is 4.75. The van der Waals surface area contributed by atoms with Gasteiger partial charge in [-0.2, -0.15) is 0 Å². The van der Waals surface area contributed by atoms with E-state index in [1.807, 2.05) is 47.4 Å². The van der Waals surface area contributed by atoms with Crippen LogP contribution in [0.4, 0.5) is 4.79 Å². The fraction of sp³-hybridized carbons (Fsp3) is 0.391. The number of fused-ring (bicyclic) bond motifs is 3. The third-order valence-electron chi connectivity index (χ3n) is 6.17. The number of nitrogens with one attached hydrogen (secondary N) is 1. The number of hydrogen-bond donors (Lipinski definition) is 2. The zero-order valence-electron chi connectivity index (χ0n) is 17.5. The second-order valence-corrected chi connectivity index (χ2v) is 9.64. The highest BCUT2D eigenvalue weighted by atomic mass is 35.5. The van der Waals surface area contributed by atoms with Gasteiger partial charge in [0.2, 0.25) is 0 Å². The fourth-order valence-corrected chi connectivity index (χ4v) is 5.91. The van der Waals surface area contributed by atoms with Gasteiger partial charge in [-0.3, -0.25) is 0 Å². The Hall–Kier alpha value is -2.55. The molecule has 32 heavy (non-hydrogen) atoms. The lowest BCUT2D eigenvalue weighted by molar-refractivity contribution is 0.136. The third kappa shape index (κ3) is 4.48. The Kier molecular flexibility index (Phi) is 6.08. The molecule has 7 nitrogen and oxygen atoms in total. The Bertz CT molecular complexity index is 1090.